The Balaban J connectivity index is 1.23. The van der Waals surface area contributed by atoms with Crippen LogP contribution in [-0.4, -0.2) is 92.1 Å². The van der Waals surface area contributed by atoms with E-state index in [1.165, 1.54) is 6.20 Å². The standard InChI is InChI=1S/C32H38BrN9O4S/c1-4-21-18-26(28(45-2)19-27(21)42-13-8-22(9-14-42)41-12-5-16-46-17-15-41)38-32-36-20-23(33)31(39-32)37-25-7-6-24-29(35-11-10-34-24)30(25)40-47(3,43)44/h4,6-7,10-11,18-20,22,40H,1,5,8-9,12-17H2,2-3H3,(H2,36,37,38,39). The van der Waals surface area contributed by atoms with Crippen LogP contribution in [0.5, 0.6) is 5.75 Å². The van der Waals surface area contributed by atoms with Crippen molar-refractivity contribution in [3.05, 3.63) is 59.5 Å². The quantitative estimate of drug-likeness (QED) is 0.193. The van der Waals surface area contributed by atoms with Gasteiger partial charge in [0.15, 0.2) is 0 Å². The third kappa shape index (κ3) is 7.75. The average molecular weight is 725 g/mol. The van der Waals surface area contributed by atoms with Crippen molar-refractivity contribution in [2.75, 3.05) is 73.0 Å². The van der Waals surface area contributed by atoms with E-state index >= 15 is 0 Å². The third-order valence-corrected chi connectivity index (χ3v) is 9.47. The van der Waals surface area contributed by atoms with E-state index in [4.69, 9.17) is 9.47 Å². The predicted molar refractivity (Wildman–Crippen MR) is 190 cm³/mol. The molecule has 0 bridgehead atoms. The Labute approximate surface area is 283 Å². The minimum absolute atomic E-state index is 0.260. The van der Waals surface area contributed by atoms with Crippen molar-refractivity contribution < 1.29 is 17.9 Å². The molecule has 0 saturated carbocycles. The van der Waals surface area contributed by atoms with E-state index in [0.29, 0.717) is 50.4 Å². The molecule has 2 aliphatic heterocycles. The van der Waals surface area contributed by atoms with Crippen LogP contribution in [0.1, 0.15) is 24.8 Å². The smallest absolute Gasteiger partial charge is 0.229 e. The van der Waals surface area contributed by atoms with Crippen molar-refractivity contribution in [2.24, 2.45) is 0 Å². The number of hydrogen-bond acceptors (Lipinski definition) is 12. The van der Waals surface area contributed by atoms with Gasteiger partial charge >= 0.3 is 0 Å². The summed E-state index contributed by atoms with van der Waals surface area (Å²) in [4.78, 5) is 22.8. The van der Waals surface area contributed by atoms with Crippen molar-refractivity contribution >= 4 is 77.6 Å². The summed E-state index contributed by atoms with van der Waals surface area (Å²) in [5.74, 6) is 1.35. The van der Waals surface area contributed by atoms with E-state index in [1.807, 2.05) is 18.2 Å². The maximum atomic E-state index is 12.2. The Morgan fingerprint density at radius 2 is 1.85 bits per heavy atom. The summed E-state index contributed by atoms with van der Waals surface area (Å²) >= 11 is 3.51. The van der Waals surface area contributed by atoms with Crippen LogP contribution < -0.4 is 25.0 Å². The summed E-state index contributed by atoms with van der Waals surface area (Å²) in [7, 11) is -1.99. The molecule has 6 rings (SSSR count). The summed E-state index contributed by atoms with van der Waals surface area (Å²) in [6.45, 7) is 9.75. The van der Waals surface area contributed by atoms with Gasteiger partial charge in [-0.2, -0.15) is 4.98 Å². The van der Waals surface area contributed by atoms with Crippen molar-refractivity contribution in [3.8, 4) is 5.75 Å². The van der Waals surface area contributed by atoms with Crippen molar-refractivity contribution in [3.63, 3.8) is 0 Å². The lowest BCUT2D eigenvalue weighted by Gasteiger charge is -2.39. The minimum Gasteiger partial charge on any atom is -0.494 e. The highest BCUT2D eigenvalue weighted by Gasteiger charge is 2.27. The number of ether oxygens (including phenoxy) is 2. The van der Waals surface area contributed by atoms with E-state index in [1.54, 1.807) is 31.6 Å². The molecule has 2 fully saturated rings. The van der Waals surface area contributed by atoms with Crippen LogP contribution in [0.2, 0.25) is 0 Å². The van der Waals surface area contributed by atoms with E-state index in [0.717, 1.165) is 76.2 Å². The van der Waals surface area contributed by atoms with Crippen molar-refractivity contribution in [2.45, 2.75) is 25.3 Å². The van der Waals surface area contributed by atoms with Gasteiger partial charge < -0.3 is 25.0 Å². The Hall–Kier alpha value is -4.05. The SMILES string of the molecule is C=Cc1cc(Nc2ncc(Br)c(Nc3ccc4nccnc4c3NS(C)(=O)=O)n2)c(OC)cc1N1CCC(N2CCCOCC2)CC1. The summed E-state index contributed by atoms with van der Waals surface area (Å²) in [6.07, 6.45) is 10.9. The first-order valence-corrected chi connectivity index (χ1v) is 18.1. The molecular weight excluding hydrogens is 686 g/mol. The molecule has 4 heterocycles. The molecule has 0 radical (unpaired) electrons. The van der Waals surface area contributed by atoms with Gasteiger partial charge in [-0.15, -0.1) is 0 Å². The molecule has 2 aromatic heterocycles. The van der Waals surface area contributed by atoms with Crippen LogP contribution in [0, 0.1) is 0 Å². The molecule has 3 N–H and O–H groups in total. The number of halogens is 1. The molecule has 0 aliphatic carbocycles. The van der Waals surface area contributed by atoms with Crippen LogP contribution in [0.3, 0.4) is 0 Å². The number of nitrogens with zero attached hydrogens (tertiary/aromatic N) is 6. The molecule has 0 amide bonds. The van der Waals surface area contributed by atoms with Gasteiger partial charge in [-0.3, -0.25) is 19.6 Å². The minimum atomic E-state index is -3.62. The Kier molecular flexibility index (Phi) is 10.1. The highest BCUT2D eigenvalue weighted by molar-refractivity contribution is 9.10. The first-order valence-electron chi connectivity index (χ1n) is 15.4. The second-order valence-corrected chi connectivity index (χ2v) is 14.1. The lowest BCUT2D eigenvalue weighted by Crippen LogP contribution is -2.46. The van der Waals surface area contributed by atoms with Gasteiger partial charge in [-0.1, -0.05) is 12.7 Å². The van der Waals surface area contributed by atoms with Crippen LogP contribution in [-0.2, 0) is 14.8 Å². The molecule has 13 nitrogen and oxygen atoms in total. The molecular formula is C32H38BrN9O4S. The van der Waals surface area contributed by atoms with Gasteiger partial charge in [0.05, 0.1) is 47.0 Å². The second kappa shape index (κ2) is 14.4. The topological polar surface area (TPSA) is 147 Å². The molecule has 0 spiro atoms. The molecule has 2 saturated heterocycles. The molecule has 47 heavy (non-hydrogen) atoms. The summed E-state index contributed by atoms with van der Waals surface area (Å²) in [6, 6.07) is 8.07. The average Bonchev–Trinajstić information content (AvgIpc) is 3.36. The molecule has 0 unspecified atom stereocenters. The van der Waals surface area contributed by atoms with E-state index in [9.17, 15) is 8.42 Å². The number of rotatable bonds is 10. The van der Waals surface area contributed by atoms with Gasteiger partial charge in [-0.05, 0) is 59.0 Å². The fraction of sp³-hybridized carbons (Fsp3) is 0.375. The van der Waals surface area contributed by atoms with Gasteiger partial charge in [0.1, 0.15) is 17.1 Å². The lowest BCUT2D eigenvalue weighted by atomic mass is 10.0. The molecule has 2 aromatic carbocycles. The molecule has 15 heteroatoms. The first kappa shape index (κ1) is 32.9. The van der Waals surface area contributed by atoms with Gasteiger partial charge in [0.25, 0.3) is 0 Å². The van der Waals surface area contributed by atoms with Crippen molar-refractivity contribution in [1.82, 2.24) is 24.8 Å². The number of sulfonamides is 1. The zero-order valence-electron chi connectivity index (χ0n) is 26.4. The Morgan fingerprint density at radius 1 is 1.04 bits per heavy atom. The number of anilines is 6. The fourth-order valence-electron chi connectivity index (χ4n) is 6.08. The maximum absolute atomic E-state index is 12.2. The first-order chi connectivity index (χ1) is 22.7. The highest BCUT2D eigenvalue weighted by Crippen LogP contribution is 2.38. The van der Waals surface area contributed by atoms with Crippen LogP contribution in [0.4, 0.5) is 34.5 Å². The zero-order chi connectivity index (χ0) is 33.0. The molecule has 2 aliphatic rings. The molecule has 248 valence electrons. The van der Waals surface area contributed by atoms with Crippen LogP contribution in [0.25, 0.3) is 17.1 Å². The summed E-state index contributed by atoms with van der Waals surface area (Å²) in [5, 5.41) is 6.51. The van der Waals surface area contributed by atoms with E-state index in [-0.39, 0.29) is 5.69 Å². The number of hydrogen-bond donors (Lipinski definition) is 3. The number of fused-ring (bicyclic) bond motifs is 1. The van der Waals surface area contributed by atoms with Gasteiger partial charge in [-0.25, -0.2) is 13.4 Å². The van der Waals surface area contributed by atoms with E-state index in [2.05, 4.69) is 67.6 Å². The monoisotopic (exact) mass is 723 g/mol. The molecule has 4 aromatic rings. The number of piperidine rings is 1. The lowest BCUT2D eigenvalue weighted by molar-refractivity contribution is 0.125. The van der Waals surface area contributed by atoms with Crippen molar-refractivity contribution in [1.29, 1.82) is 0 Å². The molecule has 0 atom stereocenters. The van der Waals surface area contributed by atoms with Crippen LogP contribution in [0.15, 0.2) is 53.9 Å². The zero-order valence-corrected chi connectivity index (χ0v) is 28.8. The van der Waals surface area contributed by atoms with Gasteiger partial charge in [0, 0.05) is 69.2 Å². The number of benzene rings is 2. The number of aromatic nitrogens is 4. The Bertz CT molecular complexity index is 1860. The number of nitrogens with one attached hydrogen (secondary N) is 3. The van der Waals surface area contributed by atoms with E-state index < -0.39 is 10.0 Å². The van der Waals surface area contributed by atoms with Gasteiger partial charge in [0.2, 0.25) is 16.0 Å². The third-order valence-electron chi connectivity index (χ3n) is 8.32. The highest BCUT2D eigenvalue weighted by atomic mass is 79.9. The van der Waals surface area contributed by atoms with Crippen LogP contribution >= 0.6 is 15.9 Å². The Morgan fingerprint density at radius 3 is 2.62 bits per heavy atom. The normalized spacial score (nSPS) is 16.4. The largest absolute Gasteiger partial charge is 0.494 e. The predicted octanol–water partition coefficient (Wildman–Crippen LogP) is 5.38. The second-order valence-electron chi connectivity index (χ2n) is 11.5. The summed E-state index contributed by atoms with van der Waals surface area (Å²) < 4.78 is 39.1. The summed E-state index contributed by atoms with van der Waals surface area (Å²) in [5.41, 5.74) is 4.36. The fourth-order valence-corrected chi connectivity index (χ4v) is 6.95. The maximum Gasteiger partial charge on any atom is 0.229 e. The number of methoxy groups -OCH3 is 1.